The number of nitrogens with zero attached hydrogens (tertiary/aromatic N) is 4. The highest BCUT2D eigenvalue weighted by molar-refractivity contribution is 6.20. The predicted molar refractivity (Wildman–Crippen MR) is 147 cm³/mol. The van der Waals surface area contributed by atoms with Crippen LogP contribution in [0.5, 0.6) is 0 Å². The molecule has 1 aliphatic heterocycles. The molecule has 0 unspecified atom stereocenters. The Hall–Kier alpha value is -3.88. The van der Waals surface area contributed by atoms with Gasteiger partial charge in [0.2, 0.25) is 5.78 Å². The lowest BCUT2D eigenvalue weighted by molar-refractivity contribution is -0.137. The van der Waals surface area contributed by atoms with Crippen molar-refractivity contribution >= 4 is 17.4 Å². The molecular weight excluding hydrogens is 480 g/mol. The topological polar surface area (TPSA) is 129 Å². The molecular formula is C30H38N4O4. The van der Waals surface area contributed by atoms with Crippen molar-refractivity contribution in [2.75, 3.05) is 31.1 Å². The zero-order valence-electron chi connectivity index (χ0n) is 23.0. The van der Waals surface area contributed by atoms with Crippen LogP contribution >= 0.6 is 0 Å². The fourth-order valence-corrected chi connectivity index (χ4v) is 4.82. The molecule has 1 aromatic rings. The maximum Gasteiger partial charge on any atom is 0.303 e. The molecule has 1 aromatic carbocycles. The Balaban J connectivity index is 0.000000638. The number of allylic oxidation sites excluding steroid dienone is 5. The number of ketones is 1. The van der Waals surface area contributed by atoms with Crippen molar-refractivity contribution in [3.63, 3.8) is 0 Å². The molecule has 0 spiro atoms. The van der Waals surface area contributed by atoms with Crippen LogP contribution in [0.1, 0.15) is 65.9 Å². The van der Waals surface area contributed by atoms with Gasteiger partial charge in [-0.1, -0.05) is 59.2 Å². The van der Waals surface area contributed by atoms with Crippen LogP contribution in [0.2, 0.25) is 0 Å². The van der Waals surface area contributed by atoms with E-state index in [0.29, 0.717) is 13.0 Å². The fraction of sp³-hybridized carbons (Fsp3) is 0.467. The number of aliphatic hydroxyl groups is 1. The van der Waals surface area contributed by atoms with E-state index in [1.54, 1.807) is 18.2 Å². The van der Waals surface area contributed by atoms with Crippen molar-refractivity contribution in [3.05, 3.63) is 64.1 Å². The Labute approximate surface area is 225 Å². The molecule has 8 heteroatoms. The maximum atomic E-state index is 12.1. The fourth-order valence-electron chi connectivity index (χ4n) is 4.82. The van der Waals surface area contributed by atoms with Crippen molar-refractivity contribution in [1.82, 2.24) is 4.90 Å². The minimum atomic E-state index is -0.810. The molecule has 0 bridgehead atoms. The van der Waals surface area contributed by atoms with Crippen molar-refractivity contribution in [2.24, 2.45) is 0 Å². The van der Waals surface area contributed by atoms with Gasteiger partial charge in [0.25, 0.3) is 0 Å². The van der Waals surface area contributed by atoms with E-state index in [-0.39, 0.29) is 23.1 Å². The summed E-state index contributed by atoms with van der Waals surface area (Å²) >= 11 is 0. The zero-order valence-corrected chi connectivity index (χ0v) is 23.0. The normalized spacial score (nSPS) is 16.4. The van der Waals surface area contributed by atoms with Crippen LogP contribution in [-0.2, 0) is 15.0 Å². The number of nitriles is 2. The summed E-state index contributed by atoms with van der Waals surface area (Å²) in [6.07, 6.45) is 3.94. The lowest BCUT2D eigenvalue weighted by Gasteiger charge is -2.29. The number of anilines is 1. The van der Waals surface area contributed by atoms with Gasteiger partial charge in [-0.25, -0.2) is 0 Å². The summed E-state index contributed by atoms with van der Waals surface area (Å²) in [7, 11) is 0. The largest absolute Gasteiger partial charge is 0.504 e. The number of hydrogen-bond acceptors (Lipinski definition) is 7. The van der Waals surface area contributed by atoms with Gasteiger partial charge in [0.05, 0.1) is 5.57 Å². The van der Waals surface area contributed by atoms with Crippen LogP contribution in [0.3, 0.4) is 0 Å². The molecule has 0 saturated carbocycles. The van der Waals surface area contributed by atoms with E-state index in [9.17, 15) is 25.2 Å². The Kier molecular flexibility index (Phi) is 10.9. The summed E-state index contributed by atoms with van der Waals surface area (Å²) < 4.78 is 0. The molecule has 0 aromatic heterocycles. The molecule has 0 radical (unpaired) electrons. The average molecular weight is 519 g/mol. The number of rotatable bonds is 10. The first-order valence-corrected chi connectivity index (χ1v) is 13.1. The average Bonchev–Trinajstić information content (AvgIpc) is 3.12. The monoisotopic (exact) mass is 518 g/mol. The number of aliphatic hydroxyl groups excluding tert-OH is 1. The van der Waals surface area contributed by atoms with Crippen molar-refractivity contribution in [2.45, 2.75) is 65.7 Å². The molecule has 202 valence electrons. The van der Waals surface area contributed by atoms with Gasteiger partial charge in [-0.05, 0) is 50.2 Å². The summed E-state index contributed by atoms with van der Waals surface area (Å²) in [5.41, 5.74) is 2.33. The summed E-state index contributed by atoms with van der Waals surface area (Å²) in [6.45, 7) is 14.8. The summed E-state index contributed by atoms with van der Waals surface area (Å²) in [4.78, 5) is 27.3. The van der Waals surface area contributed by atoms with Crippen molar-refractivity contribution < 1.29 is 19.8 Å². The van der Waals surface area contributed by atoms with Crippen LogP contribution in [0, 0.1) is 22.7 Å². The van der Waals surface area contributed by atoms with Crippen LogP contribution in [-0.4, -0.2) is 53.0 Å². The third kappa shape index (κ3) is 6.51. The number of fused-ring (bicyclic) bond motifs is 1. The lowest BCUT2D eigenvalue weighted by atomic mass is 9.79. The summed E-state index contributed by atoms with van der Waals surface area (Å²) in [6, 6.07) is 11.4. The second-order valence-corrected chi connectivity index (χ2v) is 9.71. The smallest absolute Gasteiger partial charge is 0.303 e. The number of aliphatic carboxylic acids is 1. The molecule has 0 amide bonds. The molecule has 1 heterocycles. The van der Waals surface area contributed by atoms with E-state index in [1.807, 2.05) is 38.1 Å². The van der Waals surface area contributed by atoms with E-state index in [4.69, 9.17) is 5.11 Å². The van der Waals surface area contributed by atoms with Gasteiger partial charge in [0, 0.05) is 35.3 Å². The first-order chi connectivity index (χ1) is 18.1. The highest BCUT2D eigenvalue weighted by atomic mass is 16.4. The van der Waals surface area contributed by atoms with Crippen LogP contribution in [0.15, 0.2) is 58.5 Å². The molecule has 38 heavy (non-hydrogen) atoms. The third-order valence-corrected chi connectivity index (χ3v) is 7.13. The lowest BCUT2D eigenvalue weighted by Crippen LogP contribution is -2.29. The van der Waals surface area contributed by atoms with Crippen molar-refractivity contribution in [1.29, 1.82) is 10.5 Å². The number of carbonyl (C=O) groups excluding carboxylic acids is 1. The first kappa shape index (κ1) is 30.3. The Bertz CT molecular complexity index is 1200. The van der Waals surface area contributed by atoms with Gasteiger partial charge in [0.1, 0.15) is 17.7 Å². The van der Waals surface area contributed by atoms with Crippen LogP contribution in [0.25, 0.3) is 0 Å². The molecule has 2 aliphatic rings. The van der Waals surface area contributed by atoms with E-state index < -0.39 is 22.9 Å². The molecule has 2 N–H and O–H groups in total. The third-order valence-electron chi connectivity index (χ3n) is 7.13. The second-order valence-electron chi connectivity index (χ2n) is 9.71. The summed E-state index contributed by atoms with van der Waals surface area (Å²) in [5.74, 6) is -1.95. The Morgan fingerprint density at radius 1 is 1.05 bits per heavy atom. The number of hydrogen-bond donors (Lipinski definition) is 2. The van der Waals surface area contributed by atoms with E-state index in [2.05, 4.69) is 30.6 Å². The highest BCUT2D eigenvalue weighted by Gasteiger charge is 2.42. The van der Waals surface area contributed by atoms with Gasteiger partial charge in [-0.2, -0.15) is 10.5 Å². The minimum absolute atomic E-state index is 0.0526. The quantitative estimate of drug-likeness (QED) is 0.239. The molecule has 0 atom stereocenters. The number of carboxylic acids is 1. The Morgan fingerprint density at radius 2 is 1.66 bits per heavy atom. The predicted octanol–water partition coefficient (Wildman–Crippen LogP) is 5.40. The number of Topliss-reactive ketones (excluding diaryl/α,β-unsaturated/α-hetero) is 1. The molecule has 0 saturated heterocycles. The summed E-state index contributed by atoms with van der Waals surface area (Å²) in [5, 5.41) is 37.4. The van der Waals surface area contributed by atoms with Gasteiger partial charge >= 0.3 is 5.97 Å². The van der Waals surface area contributed by atoms with Crippen LogP contribution < -0.4 is 4.90 Å². The van der Waals surface area contributed by atoms with E-state index in [1.165, 1.54) is 19.6 Å². The van der Waals surface area contributed by atoms with Gasteiger partial charge in [0.15, 0.2) is 5.76 Å². The minimum Gasteiger partial charge on any atom is -0.504 e. The molecule has 8 nitrogen and oxygen atoms in total. The SMILES string of the molecule is CC1(C)C(=CC2=C(O)C(=O)C2=C(C#N)C#N)N(CCCCCC(=O)O)c2ccccc21.CCN(CC)CC. The van der Waals surface area contributed by atoms with Gasteiger partial charge in [-0.3, -0.25) is 9.59 Å². The zero-order chi connectivity index (χ0) is 28.5. The maximum absolute atomic E-state index is 12.1. The van der Waals surface area contributed by atoms with Crippen LogP contribution in [0.4, 0.5) is 5.69 Å². The van der Waals surface area contributed by atoms with Gasteiger partial charge < -0.3 is 20.0 Å². The molecule has 0 fully saturated rings. The standard InChI is InChI=1S/C24H23N3O4.C6H15N/c1-24(2)17-8-5-6-9-18(17)27(11-7-3-4-10-20(28)29)19(24)12-16-21(15(13-25)14-26)23(31)22(16)30;1-4-7(5-2)6-3/h5-6,8-9,12,30H,3-4,7,10-11H2,1-2H3,(H,28,29);4-6H2,1-3H3. The van der Waals surface area contributed by atoms with E-state index in [0.717, 1.165) is 29.8 Å². The first-order valence-electron chi connectivity index (χ1n) is 13.1. The number of carboxylic acid groups (broad SMARTS) is 1. The highest BCUT2D eigenvalue weighted by Crippen LogP contribution is 2.49. The number of para-hydroxylation sites is 1. The van der Waals surface area contributed by atoms with Crippen molar-refractivity contribution in [3.8, 4) is 12.1 Å². The van der Waals surface area contributed by atoms with E-state index >= 15 is 0 Å². The second kappa shape index (κ2) is 13.6. The molecule has 1 aliphatic carbocycles. The Morgan fingerprint density at radius 3 is 2.18 bits per heavy atom. The van der Waals surface area contributed by atoms with Gasteiger partial charge in [-0.15, -0.1) is 0 Å². The number of carbonyl (C=O) groups is 2. The number of unbranched alkanes of at least 4 members (excludes halogenated alkanes) is 2. The number of benzene rings is 1. The molecule has 3 rings (SSSR count).